The summed E-state index contributed by atoms with van der Waals surface area (Å²) in [5.41, 5.74) is 5.76. The SMILES string of the molecule is CNc1cc(N2CCC([C@@H](C)N(C)C)CC2)nc(N)n1. The number of nitrogens with one attached hydrogen (secondary N) is 1. The van der Waals surface area contributed by atoms with Crippen molar-refractivity contribution in [1.29, 1.82) is 0 Å². The lowest BCUT2D eigenvalue weighted by atomic mass is 9.90. The molecule has 112 valence electrons. The van der Waals surface area contributed by atoms with Crippen LogP contribution >= 0.6 is 0 Å². The maximum atomic E-state index is 5.76. The first-order valence-corrected chi connectivity index (χ1v) is 7.25. The zero-order valence-electron chi connectivity index (χ0n) is 12.9. The van der Waals surface area contributed by atoms with Gasteiger partial charge in [0, 0.05) is 32.2 Å². The second-order valence-corrected chi connectivity index (χ2v) is 5.75. The van der Waals surface area contributed by atoms with Crippen LogP contribution in [0.4, 0.5) is 17.6 Å². The fraction of sp³-hybridized carbons (Fsp3) is 0.714. The van der Waals surface area contributed by atoms with Crippen LogP contribution in [0.2, 0.25) is 0 Å². The Bertz CT molecular complexity index is 439. The molecular formula is C14H26N6. The normalized spacial score (nSPS) is 18.4. The third kappa shape index (κ3) is 3.30. The van der Waals surface area contributed by atoms with E-state index >= 15 is 0 Å². The summed E-state index contributed by atoms with van der Waals surface area (Å²) >= 11 is 0. The van der Waals surface area contributed by atoms with Gasteiger partial charge >= 0.3 is 0 Å². The van der Waals surface area contributed by atoms with Gasteiger partial charge in [0.25, 0.3) is 0 Å². The molecule has 20 heavy (non-hydrogen) atoms. The molecule has 0 aromatic carbocycles. The third-order valence-corrected chi connectivity index (χ3v) is 4.35. The highest BCUT2D eigenvalue weighted by Gasteiger charge is 2.25. The van der Waals surface area contributed by atoms with Crippen LogP contribution in [-0.2, 0) is 0 Å². The van der Waals surface area contributed by atoms with E-state index < -0.39 is 0 Å². The minimum atomic E-state index is 0.329. The Morgan fingerprint density at radius 2 is 2.00 bits per heavy atom. The van der Waals surface area contributed by atoms with Crippen LogP contribution < -0.4 is 16.0 Å². The molecule has 1 aromatic heterocycles. The minimum absolute atomic E-state index is 0.329. The molecule has 1 atom stereocenters. The molecular weight excluding hydrogens is 252 g/mol. The van der Waals surface area contributed by atoms with Crippen LogP contribution in [-0.4, -0.2) is 55.1 Å². The first-order chi connectivity index (χ1) is 9.51. The van der Waals surface area contributed by atoms with Gasteiger partial charge in [-0.25, -0.2) is 0 Å². The molecule has 3 N–H and O–H groups in total. The summed E-state index contributed by atoms with van der Waals surface area (Å²) in [7, 11) is 6.15. The summed E-state index contributed by atoms with van der Waals surface area (Å²) in [5.74, 6) is 2.79. The molecule has 1 aliphatic heterocycles. The van der Waals surface area contributed by atoms with Gasteiger partial charge in [-0.15, -0.1) is 0 Å². The van der Waals surface area contributed by atoms with E-state index in [9.17, 15) is 0 Å². The predicted molar refractivity (Wildman–Crippen MR) is 84.1 cm³/mol. The molecule has 1 aliphatic rings. The van der Waals surface area contributed by atoms with Gasteiger partial charge in [0.15, 0.2) is 0 Å². The summed E-state index contributed by atoms with van der Waals surface area (Å²) in [6, 6.07) is 2.59. The summed E-state index contributed by atoms with van der Waals surface area (Å²) in [5, 5.41) is 3.02. The van der Waals surface area contributed by atoms with Crippen LogP contribution in [0.1, 0.15) is 19.8 Å². The maximum absolute atomic E-state index is 5.76. The summed E-state index contributed by atoms with van der Waals surface area (Å²) in [4.78, 5) is 13.1. The van der Waals surface area contributed by atoms with Crippen LogP contribution in [0, 0.1) is 5.92 Å². The van der Waals surface area contributed by atoms with Gasteiger partial charge in [-0.3, -0.25) is 0 Å². The molecule has 0 aliphatic carbocycles. The molecule has 0 spiro atoms. The molecule has 1 fully saturated rings. The standard InChI is InChI=1S/C14H26N6/c1-10(19(3)4)11-5-7-20(8-6-11)13-9-12(16-2)17-14(15)18-13/h9-11H,5-8H2,1-4H3,(H3,15,16,17,18)/t10-/m1/s1. The second-order valence-electron chi connectivity index (χ2n) is 5.75. The highest BCUT2D eigenvalue weighted by atomic mass is 15.2. The van der Waals surface area contributed by atoms with E-state index in [1.54, 1.807) is 0 Å². The number of aromatic nitrogens is 2. The first kappa shape index (κ1) is 14.8. The van der Waals surface area contributed by atoms with Gasteiger partial charge in [-0.05, 0) is 39.8 Å². The van der Waals surface area contributed by atoms with E-state index in [1.165, 1.54) is 12.8 Å². The van der Waals surface area contributed by atoms with E-state index in [-0.39, 0.29) is 0 Å². The van der Waals surface area contributed by atoms with Crippen molar-refractivity contribution in [2.45, 2.75) is 25.8 Å². The van der Waals surface area contributed by atoms with Crippen molar-refractivity contribution in [3.63, 3.8) is 0 Å². The molecule has 2 rings (SSSR count). The van der Waals surface area contributed by atoms with E-state index in [4.69, 9.17) is 5.73 Å². The van der Waals surface area contributed by atoms with Gasteiger partial charge in [0.2, 0.25) is 5.95 Å². The summed E-state index contributed by atoms with van der Waals surface area (Å²) in [6.07, 6.45) is 2.39. The number of hydrogen-bond acceptors (Lipinski definition) is 6. The zero-order chi connectivity index (χ0) is 14.7. The molecule has 6 heteroatoms. The minimum Gasteiger partial charge on any atom is -0.373 e. The van der Waals surface area contributed by atoms with Gasteiger partial charge in [-0.1, -0.05) is 0 Å². The third-order valence-electron chi connectivity index (χ3n) is 4.35. The lowest BCUT2D eigenvalue weighted by Gasteiger charge is -2.37. The monoisotopic (exact) mass is 278 g/mol. The Morgan fingerprint density at radius 3 is 2.55 bits per heavy atom. The molecule has 6 nitrogen and oxygen atoms in total. The van der Waals surface area contributed by atoms with Crippen LogP contribution in [0.5, 0.6) is 0 Å². The topological polar surface area (TPSA) is 70.3 Å². The highest BCUT2D eigenvalue weighted by molar-refractivity contribution is 5.52. The second kappa shape index (κ2) is 6.26. The number of hydrogen-bond donors (Lipinski definition) is 2. The molecule has 0 radical (unpaired) electrons. The van der Waals surface area contributed by atoms with Crippen LogP contribution in [0.15, 0.2) is 6.07 Å². The fourth-order valence-electron chi connectivity index (χ4n) is 2.78. The molecule has 0 bridgehead atoms. The Morgan fingerprint density at radius 1 is 1.35 bits per heavy atom. The molecule has 2 heterocycles. The molecule has 0 unspecified atom stereocenters. The Labute approximate surface area is 121 Å². The quantitative estimate of drug-likeness (QED) is 0.864. The number of anilines is 3. The van der Waals surface area contributed by atoms with Gasteiger partial charge in [-0.2, -0.15) is 9.97 Å². The lowest BCUT2D eigenvalue weighted by Crippen LogP contribution is -2.41. The van der Waals surface area contributed by atoms with E-state index in [2.05, 4.69) is 46.1 Å². The van der Waals surface area contributed by atoms with Crippen molar-refractivity contribution < 1.29 is 0 Å². The first-order valence-electron chi connectivity index (χ1n) is 7.25. The van der Waals surface area contributed by atoms with E-state index in [0.29, 0.717) is 12.0 Å². The van der Waals surface area contributed by atoms with Crippen molar-refractivity contribution >= 4 is 17.6 Å². The van der Waals surface area contributed by atoms with Crippen molar-refractivity contribution in [2.24, 2.45) is 5.92 Å². The maximum Gasteiger partial charge on any atom is 0.223 e. The summed E-state index contributed by atoms with van der Waals surface area (Å²) in [6.45, 7) is 4.37. The fourth-order valence-corrected chi connectivity index (χ4v) is 2.78. The molecule has 1 saturated heterocycles. The largest absolute Gasteiger partial charge is 0.373 e. The van der Waals surface area contributed by atoms with Gasteiger partial charge in [0.05, 0.1) is 0 Å². The van der Waals surface area contributed by atoms with E-state index in [0.717, 1.165) is 30.6 Å². The van der Waals surface area contributed by atoms with Crippen LogP contribution in [0.25, 0.3) is 0 Å². The Balaban J connectivity index is 2.02. The average molecular weight is 278 g/mol. The summed E-state index contributed by atoms with van der Waals surface area (Å²) < 4.78 is 0. The number of nitrogens with two attached hydrogens (primary N) is 1. The van der Waals surface area contributed by atoms with Gasteiger partial charge < -0.3 is 20.9 Å². The van der Waals surface area contributed by atoms with Crippen LogP contribution in [0.3, 0.4) is 0 Å². The Kier molecular flexibility index (Phi) is 4.65. The number of nitrogen functional groups attached to an aromatic ring is 1. The van der Waals surface area contributed by atoms with Crippen molar-refractivity contribution in [3.8, 4) is 0 Å². The van der Waals surface area contributed by atoms with Crippen molar-refractivity contribution in [3.05, 3.63) is 6.07 Å². The average Bonchev–Trinajstić information content (AvgIpc) is 2.45. The molecule has 0 amide bonds. The zero-order valence-corrected chi connectivity index (χ0v) is 12.9. The van der Waals surface area contributed by atoms with Crippen molar-refractivity contribution in [2.75, 3.05) is 50.2 Å². The van der Waals surface area contributed by atoms with Gasteiger partial charge in [0.1, 0.15) is 11.6 Å². The Hall–Kier alpha value is -1.56. The smallest absolute Gasteiger partial charge is 0.223 e. The number of rotatable bonds is 4. The highest BCUT2D eigenvalue weighted by Crippen LogP contribution is 2.26. The number of piperidine rings is 1. The van der Waals surface area contributed by atoms with Crippen molar-refractivity contribution in [1.82, 2.24) is 14.9 Å². The van der Waals surface area contributed by atoms with E-state index in [1.807, 2.05) is 13.1 Å². The predicted octanol–water partition coefficient (Wildman–Crippen LogP) is 1.27. The lowest BCUT2D eigenvalue weighted by molar-refractivity contribution is 0.199. The molecule has 1 aromatic rings. The number of nitrogens with zero attached hydrogens (tertiary/aromatic N) is 4. The molecule has 0 saturated carbocycles.